The van der Waals surface area contributed by atoms with E-state index >= 15 is 0 Å². The fourth-order valence-corrected chi connectivity index (χ4v) is 2.34. The molecule has 0 aromatic heterocycles. The van der Waals surface area contributed by atoms with Crippen molar-refractivity contribution < 1.29 is 9.84 Å². The summed E-state index contributed by atoms with van der Waals surface area (Å²) in [5.74, 6) is 0. The second kappa shape index (κ2) is 11.4. The maximum Gasteiger partial charge on any atom is 0.0800 e. The molecule has 0 aromatic carbocycles. The van der Waals surface area contributed by atoms with Crippen LogP contribution in [0.3, 0.4) is 0 Å². The van der Waals surface area contributed by atoms with Gasteiger partial charge in [-0.25, -0.2) is 0 Å². The van der Waals surface area contributed by atoms with E-state index in [9.17, 15) is 5.11 Å². The highest BCUT2D eigenvalue weighted by molar-refractivity contribution is 5.08. The Morgan fingerprint density at radius 3 is 2.26 bits per heavy atom. The minimum Gasteiger partial charge on any atom is -0.386 e. The van der Waals surface area contributed by atoms with Crippen LogP contribution in [0.2, 0.25) is 0 Å². The van der Waals surface area contributed by atoms with Crippen LogP contribution >= 0.6 is 0 Å². The molecule has 0 rings (SSSR count). The van der Waals surface area contributed by atoms with Crippen molar-refractivity contribution in [1.29, 1.82) is 0 Å². The van der Waals surface area contributed by atoms with E-state index < -0.39 is 5.60 Å². The van der Waals surface area contributed by atoms with E-state index in [4.69, 9.17) is 4.74 Å². The zero-order chi connectivity index (χ0) is 17.9. The maximum atomic E-state index is 9.88. The lowest BCUT2D eigenvalue weighted by Crippen LogP contribution is -2.19. The predicted molar refractivity (Wildman–Crippen MR) is 102 cm³/mol. The standard InChI is InChI=1S/C21H36O2/c1-8-21(6,22)14-10-13-18(4)11-9-12-19(5)16-20(23-7)15-17(2)3/h8,12-13,15,20,22H,1,9-11,14,16H2,2-7H3/b18-13+,19-12+. The fourth-order valence-electron chi connectivity index (χ4n) is 2.34. The molecule has 0 fully saturated rings. The topological polar surface area (TPSA) is 29.5 Å². The van der Waals surface area contributed by atoms with E-state index in [0.29, 0.717) is 0 Å². The van der Waals surface area contributed by atoms with Crippen molar-refractivity contribution in [2.24, 2.45) is 0 Å². The van der Waals surface area contributed by atoms with Crippen molar-refractivity contribution in [3.05, 3.63) is 47.6 Å². The summed E-state index contributed by atoms with van der Waals surface area (Å²) in [6.45, 7) is 14.0. The average molecular weight is 321 g/mol. The number of aliphatic hydroxyl groups is 1. The summed E-state index contributed by atoms with van der Waals surface area (Å²) in [7, 11) is 1.77. The summed E-state index contributed by atoms with van der Waals surface area (Å²) in [6.07, 6.45) is 13.2. The molecule has 0 spiro atoms. The van der Waals surface area contributed by atoms with Gasteiger partial charge in [-0.15, -0.1) is 6.58 Å². The van der Waals surface area contributed by atoms with Crippen LogP contribution in [0.4, 0.5) is 0 Å². The number of rotatable bonds is 11. The first-order chi connectivity index (χ1) is 10.7. The van der Waals surface area contributed by atoms with Crippen LogP contribution in [0.1, 0.15) is 66.7 Å². The molecule has 2 unspecified atom stereocenters. The van der Waals surface area contributed by atoms with Crippen molar-refractivity contribution in [2.45, 2.75) is 78.4 Å². The van der Waals surface area contributed by atoms with Gasteiger partial charge in [-0.05, 0) is 66.7 Å². The molecule has 23 heavy (non-hydrogen) atoms. The van der Waals surface area contributed by atoms with Crippen molar-refractivity contribution in [1.82, 2.24) is 0 Å². The molecule has 0 bridgehead atoms. The quantitative estimate of drug-likeness (QED) is 0.491. The van der Waals surface area contributed by atoms with Crippen LogP contribution in [0, 0.1) is 0 Å². The van der Waals surface area contributed by atoms with Crippen LogP contribution in [0.5, 0.6) is 0 Å². The van der Waals surface area contributed by atoms with E-state index in [0.717, 1.165) is 32.1 Å². The SMILES string of the molecule is C=CC(C)(O)CC/C=C(\C)CC/C=C(\C)CC(C=C(C)C)OC. The van der Waals surface area contributed by atoms with Crippen LogP contribution < -0.4 is 0 Å². The van der Waals surface area contributed by atoms with Gasteiger partial charge in [0.25, 0.3) is 0 Å². The molecule has 0 aliphatic heterocycles. The lowest BCUT2D eigenvalue weighted by atomic mass is 9.99. The third-order valence-corrected chi connectivity index (χ3v) is 3.96. The van der Waals surface area contributed by atoms with Crippen molar-refractivity contribution in [3.63, 3.8) is 0 Å². The van der Waals surface area contributed by atoms with Gasteiger partial charge in [-0.2, -0.15) is 0 Å². The molecule has 2 nitrogen and oxygen atoms in total. The van der Waals surface area contributed by atoms with Gasteiger partial charge in [-0.1, -0.05) is 41.0 Å². The number of hydrogen-bond acceptors (Lipinski definition) is 2. The first kappa shape index (κ1) is 21.9. The summed E-state index contributed by atoms with van der Waals surface area (Å²) in [5.41, 5.74) is 3.28. The van der Waals surface area contributed by atoms with E-state index in [-0.39, 0.29) is 6.10 Å². The number of ether oxygens (including phenoxy) is 1. The molecule has 0 aliphatic rings. The van der Waals surface area contributed by atoms with Crippen LogP contribution in [-0.4, -0.2) is 23.9 Å². The van der Waals surface area contributed by atoms with E-state index in [1.165, 1.54) is 16.7 Å². The molecule has 2 atom stereocenters. The predicted octanol–water partition coefficient (Wildman–Crippen LogP) is 5.75. The Balaban J connectivity index is 4.24. The Kier molecular flexibility index (Phi) is 10.9. The van der Waals surface area contributed by atoms with Crippen molar-refractivity contribution in [2.75, 3.05) is 7.11 Å². The van der Waals surface area contributed by atoms with Gasteiger partial charge >= 0.3 is 0 Å². The van der Waals surface area contributed by atoms with Gasteiger partial charge in [0, 0.05) is 7.11 Å². The molecule has 0 amide bonds. The van der Waals surface area contributed by atoms with Gasteiger partial charge in [0.2, 0.25) is 0 Å². The normalized spacial score (nSPS) is 16.7. The van der Waals surface area contributed by atoms with Gasteiger partial charge in [0.15, 0.2) is 0 Å². The minimum absolute atomic E-state index is 0.175. The van der Waals surface area contributed by atoms with E-state index in [1.54, 1.807) is 20.1 Å². The lowest BCUT2D eigenvalue weighted by Gasteiger charge is -2.16. The third kappa shape index (κ3) is 12.0. The van der Waals surface area contributed by atoms with Gasteiger partial charge in [0.1, 0.15) is 0 Å². The molecule has 0 heterocycles. The van der Waals surface area contributed by atoms with Gasteiger partial charge < -0.3 is 9.84 Å². The zero-order valence-corrected chi connectivity index (χ0v) is 16.0. The second-order valence-corrected chi connectivity index (χ2v) is 6.96. The highest BCUT2D eigenvalue weighted by Gasteiger charge is 2.13. The molecule has 0 aromatic rings. The summed E-state index contributed by atoms with van der Waals surface area (Å²) in [6, 6.07) is 0. The highest BCUT2D eigenvalue weighted by atomic mass is 16.5. The number of methoxy groups -OCH3 is 1. The molecule has 0 aliphatic carbocycles. The van der Waals surface area contributed by atoms with Gasteiger partial charge in [0.05, 0.1) is 11.7 Å². The maximum absolute atomic E-state index is 9.88. The molecule has 0 saturated heterocycles. The van der Waals surface area contributed by atoms with Crippen LogP contribution in [0.25, 0.3) is 0 Å². The lowest BCUT2D eigenvalue weighted by molar-refractivity contribution is 0.103. The van der Waals surface area contributed by atoms with E-state index in [2.05, 4.69) is 52.5 Å². The first-order valence-electron chi connectivity index (χ1n) is 8.55. The molecular formula is C21H36O2. The van der Waals surface area contributed by atoms with Gasteiger partial charge in [-0.3, -0.25) is 0 Å². The molecule has 0 radical (unpaired) electrons. The smallest absolute Gasteiger partial charge is 0.0800 e. The van der Waals surface area contributed by atoms with Crippen molar-refractivity contribution >= 4 is 0 Å². The Morgan fingerprint density at radius 1 is 1.13 bits per heavy atom. The Labute approximate surface area is 143 Å². The molecular weight excluding hydrogens is 284 g/mol. The van der Waals surface area contributed by atoms with E-state index in [1.807, 2.05) is 0 Å². The summed E-state index contributed by atoms with van der Waals surface area (Å²) in [5, 5.41) is 9.88. The highest BCUT2D eigenvalue weighted by Crippen LogP contribution is 2.17. The Bertz CT molecular complexity index is 435. The summed E-state index contributed by atoms with van der Waals surface area (Å²) >= 11 is 0. The molecule has 1 N–H and O–H groups in total. The molecule has 132 valence electrons. The monoisotopic (exact) mass is 320 g/mol. The largest absolute Gasteiger partial charge is 0.386 e. The average Bonchev–Trinajstić information content (AvgIpc) is 2.45. The molecule has 2 heteroatoms. The van der Waals surface area contributed by atoms with Crippen LogP contribution in [-0.2, 0) is 4.74 Å². The molecule has 0 saturated carbocycles. The Morgan fingerprint density at radius 2 is 1.74 bits per heavy atom. The second-order valence-electron chi connectivity index (χ2n) is 6.96. The zero-order valence-electron chi connectivity index (χ0n) is 16.0. The minimum atomic E-state index is -0.757. The van der Waals surface area contributed by atoms with Crippen LogP contribution in [0.15, 0.2) is 47.6 Å². The summed E-state index contributed by atoms with van der Waals surface area (Å²) in [4.78, 5) is 0. The summed E-state index contributed by atoms with van der Waals surface area (Å²) < 4.78 is 5.49. The Hall–Kier alpha value is -1.12. The fraction of sp³-hybridized carbons (Fsp3) is 0.619. The number of allylic oxidation sites excluding steroid dienone is 4. The first-order valence-corrected chi connectivity index (χ1v) is 8.55. The number of hydrogen-bond donors (Lipinski definition) is 1. The third-order valence-electron chi connectivity index (χ3n) is 3.96. The van der Waals surface area contributed by atoms with Crippen molar-refractivity contribution in [3.8, 4) is 0 Å².